The largest absolute Gasteiger partial charge is 0.508 e. The molecule has 0 radical (unpaired) electrons. The number of allylic oxidation sites excluding steroid dienone is 2. The van der Waals surface area contributed by atoms with Crippen molar-refractivity contribution in [3.05, 3.63) is 53.1 Å². The number of fused-ring (bicyclic) bond motifs is 2. The number of nitrogens with one attached hydrogen (secondary N) is 1. The number of amides is 2. The van der Waals surface area contributed by atoms with Gasteiger partial charge in [-0.15, -0.1) is 0 Å². The van der Waals surface area contributed by atoms with Crippen LogP contribution >= 0.6 is 0 Å². The Balaban J connectivity index is 2.61. The molecule has 0 saturated carbocycles. The van der Waals surface area contributed by atoms with Crippen LogP contribution in [0.5, 0.6) is 11.5 Å². The second-order valence-electron chi connectivity index (χ2n) is 9.83. The number of hydrogen-bond donors (Lipinski definition) is 5. The second-order valence-corrected chi connectivity index (χ2v) is 9.83. The molecule has 6 atom stereocenters. The van der Waals surface area contributed by atoms with E-state index in [0.29, 0.717) is 5.57 Å². The van der Waals surface area contributed by atoms with Gasteiger partial charge in [0.1, 0.15) is 17.6 Å². The summed E-state index contributed by atoms with van der Waals surface area (Å²) in [6.07, 6.45) is 3.29. The number of primary amides is 1. The van der Waals surface area contributed by atoms with Crippen LogP contribution in [0.25, 0.3) is 0 Å². The fraction of sp³-hybridized carbons (Fsp3) is 0.464. The Morgan fingerprint density at radius 3 is 2.37 bits per heavy atom. The van der Waals surface area contributed by atoms with Crippen molar-refractivity contribution >= 4 is 23.5 Å². The molecule has 0 saturated heterocycles. The first-order chi connectivity index (χ1) is 17.8. The molecule has 0 aliphatic carbocycles. The van der Waals surface area contributed by atoms with Gasteiger partial charge in [-0.1, -0.05) is 45.1 Å². The van der Waals surface area contributed by atoms with Crippen LogP contribution in [0, 0.1) is 17.8 Å². The summed E-state index contributed by atoms with van der Waals surface area (Å²) in [5, 5.41) is 34.5. The van der Waals surface area contributed by atoms with Crippen molar-refractivity contribution in [1.29, 1.82) is 0 Å². The van der Waals surface area contributed by atoms with E-state index in [2.05, 4.69) is 5.32 Å². The monoisotopic (exact) mass is 530 g/mol. The number of aliphatic hydroxyl groups is 1. The zero-order valence-corrected chi connectivity index (χ0v) is 22.6. The van der Waals surface area contributed by atoms with Crippen molar-refractivity contribution in [3.63, 3.8) is 0 Å². The summed E-state index contributed by atoms with van der Waals surface area (Å²) in [6.45, 7) is 8.51. The SMILES string of the molecule is CO[C@H]1C[C@H](C)C(=O)c2cc(O)cc(c2O)NC(=O)C(C)=CC=C[C@H](C)[C@@H](OC(N)=O)C(C)=C[C@H](C)[C@H]1O. The van der Waals surface area contributed by atoms with E-state index in [4.69, 9.17) is 15.2 Å². The van der Waals surface area contributed by atoms with Gasteiger partial charge in [0.25, 0.3) is 5.91 Å². The Hall–Kier alpha value is -3.63. The number of carbonyl (C=O) groups excluding carboxylic acids is 3. The van der Waals surface area contributed by atoms with Gasteiger partial charge in [-0.2, -0.15) is 0 Å². The number of nitrogens with two attached hydrogens (primary N) is 1. The molecule has 10 heteroatoms. The fourth-order valence-electron chi connectivity index (χ4n) is 4.46. The number of benzene rings is 1. The van der Waals surface area contributed by atoms with E-state index in [-0.39, 0.29) is 34.9 Å². The van der Waals surface area contributed by atoms with Crippen LogP contribution in [0.4, 0.5) is 10.5 Å². The number of rotatable bonds is 2. The maximum atomic E-state index is 13.2. The Morgan fingerprint density at radius 1 is 1.11 bits per heavy atom. The molecule has 0 fully saturated rings. The third-order valence-electron chi connectivity index (χ3n) is 6.68. The number of aliphatic hydroxyl groups excluding tert-OH is 1. The van der Waals surface area contributed by atoms with Gasteiger partial charge in [0.05, 0.1) is 23.5 Å². The molecular weight excluding hydrogens is 492 g/mol. The molecule has 208 valence electrons. The molecule has 1 heterocycles. The van der Waals surface area contributed by atoms with Crippen LogP contribution in [0.3, 0.4) is 0 Å². The van der Waals surface area contributed by atoms with Crippen LogP contribution in [0.2, 0.25) is 0 Å². The lowest BCUT2D eigenvalue weighted by Gasteiger charge is -2.29. The lowest BCUT2D eigenvalue weighted by atomic mass is 9.87. The van der Waals surface area contributed by atoms with Gasteiger partial charge in [0.15, 0.2) is 5.78 Å². The first kappa shape index (κ1) is 30.6. The van der Waals surface area contributed by atoms with Crippen LogP contribution < -0.4 is 11.1 Å². The van der Waals surface area contributed by atoms with E-state index >= 15 is 0 Å². The summed E-state index contributed by atoms with van der Waals surface area (Å²) in [5.41, 5.74) is 5.94. The summed E-state index contributed by atoms with van der Waals surface area (Å²) in [4.78, 5) is 37.6. The van der Waals surface area contributed by atoms with Gasteiger partial charge in [-0.05, 0) is 31.9 Å². The maximum absolute atomic E-state index is 13.2. The summed E-state index contributed by atoms with van der Waals surface area (Å²) < 4.78 is 10.9. The molecule has 1 aromatic carbocycles. The van der Waals surface area contributed by atoms with Crippen molar-refractivity contribution in [3.8, 4) is 11.5 Å². The average molecular weight is 531 g/mol. The molecule has 6 N–H and O–H groups in total. The molecule has 2 rings (SSSR count). The molecule has 2 bridgehead atoms. The number of phenolic OH excluding ortho intramolecular Hbond substituents is 2. The van der Waals surface area contributed by atoms with Gasteiger partial charge in [-0.3, -0.25) is 9.59 Å². The number of aromatic hydroxyl groups is 2. The lowest BCUT2D eigenvalue weighted by Crippen LogP contribution is -2.36. The Kier molecular flexibility index (Phi) is 10.7. The Bertz CT molecular complexity index is 1140. The fourth-order valence-corrected chi connectivity index (χ4v) is 4.46. The van der Waals surface area contributed by atoms with Gasteiger partial charge in [-0.25, -0.2) is 4.79 Å². The summed E-state index contributed by atoms with van der Waals surface area (Å²) >= 11 is 0. The topological polar surface area (TPSA) is 168 Å². The number of anilines is 1. The van der Waals surface area contributed by atoms with E-state index in [1.807, 2.05) is 6.92 Å². The molecule has 1 aliphatic heterocycles. The molecule has 1 aromatic rings. The van der Waals surface area contributed by atoms with Crippen LogP contribution in [0.15, 0.2) is 47.6 Å². The first-order valence-corrected chi connectivity index (χ1v) is 12.4. The van der Waals surface area contributed by atoms with Crippen LogP contribution in [0.1, 0.15) is 51.4 Å². The summed E-state index contributed by atoms with van der Waals surface area (Å²) in [7, 11) is 1.42. The third-order valence-corrected chi connectivity index (χ3v) is 6.68. The molecular formula is C28H38N2O8. The predicted molar refractivity (Wildman–Crippen MR) is 143 cm³/mol. The van der Waals surface area contributed by atoms with E-state index in [0.717, 1.165) is 12.1 Å². The van der Waals surface area contributed by atoms with Crippen molar-refractivity contribution in [2.75, 3.05) is 12.4 Å². The summed E-state index contributed by atoms with van der Waals surface area (Å²) in [6, 6.07) is 2.27. The highest BCUT2D eigenvalue weighted by atomic mass is 16.6. The van der Waals surface area contributed by atoms with Crippen LogP contribution in [-0.4, -0.2) is 58.5 Å². The number of methoxy groups -OCH3 is 1. The van der Waals surface area contributed by atoms with Crippen molar-refractivity contribution in [2.45, 2.75) is 59.4 Å². The normalized spacial score (nSPS) is 27.8. The van der Waals surface area contributed by atoms with E-state index < -0.39 is 53.7 Å². The zero-order chi connectivity index (χ0) is 28.7. The molecule has 0 spiro atoms. The first-order valence-electron chi connectivity index (χ1n) is 12.4. The van der Waals surface area contributed by atoms with Gasteiger partial charge in [0.2, 0.25) is 0 Å². The van der Waals surface area contributed by atoms with Crippen LogP contribution in [-0.2, 0) is 14.3 Å². The van der Waals surface area contributed by atoms with Gasteiger partial charge >= 0.3 is 6.09 Å². The number of carbonyl (C=O) groups is 3. The van der Waals surface area contributed by atoms with Gasteiger partial charge in [0, 0.05) is 36.5 Å². The molecule has 2 amide bonds. The van der Waals surface area contributed by atoms with Crippen molar-refractivity contribution in [1.82, 2.24) is 0 Å². The van der Waals surface area contributed by atoms with E-state index in [1.54, 1.807) is 45.9 Å². The Labute approximate surface area is 222 Å². The number of Topliss-reactive ketones (excluding diaryl/α,β-unsaturated/α-hetero) is 1. The lowest BCUT2D eigenvalue weighted by molar-refractivity contribution is -0.112. The summed E-state index contributed by atoms with van der Waals surface area (Å²) in [5.74, 6) is -3.37. The average Bonchev–Trinajstić information content (AvgIpc) is 2.85. The minimum Gasteiger partial charge on any atom is -0.508 e. The molecule has 0 unspecified atom stereocenters. The zero-order valence-electron chi connectivity index (χ0n) is 22.6. The van der Waals surface area contributed by atoms with Gasteiger partial charge < -0.3 is 35.8 Å². The minimum absolute atomic E-state index is 0.104. The quantitative estimate of drug-likeness (QED) is 0.218. The van der Waals surface area contributed by atoms with Crippen molar-refractivity contribution in [2.24, 2.45) is 23.5 Å². The highest BCUT2D eigenvalue weighted by molar-refractivity contribution is 6.07. The second kappa shape index (κ2) is 13.3. The number of ketones is 1. The third kappa shape index (κ3) is 7.69. The molecule has 38 heavy (non-hydrogen) atoms. The highest BCUT2D eigenvalue weighted by Gasteiger charge is 2.31. The number of phenols is 2. The highest BCUT2D eigenvalue weighted by Crippen LogP contribution is 2.35. The maximum Gasteiger partial charge on any atom is 0.405 e. The van der Waals surface area contributed by atoms with Crippen molar-refractivity contribution < 1.29 is 39.2 Å². The molecule has 1 aliphatic rings. The Morgan fingerprint density at radius 2 is 1.76 bits per heavy atom. The standard InChI is InChI=1S/C28H38N2O8/c1-14-8-7-9-15(2)27(35)30-21-13-19(31)12-20(25(21)34)23(32)17(4)11-22(37-6)24(33)16(3)10-18(5)26(14)38-28(29)36/h7-10,12-14,16-17,22,24,26,31,33-34H,11H2,1-6H3,(H2,29,36)(H,30,35)/t14-,16-,17-,22-,24+,26+/m0/s1. The predicted octanol–water partition coefficient (Wildman–Crippen LogP) is 3.82. The minimum atomic E-state index is -1.02. The number of ether oxygens (including phenoxy) is 2. The van der Waals surface area contributed by atoms with E-state index in [9.17, 15) is 29.7 Å². The van der Waals surface area contributed by atoms with E-state index in [1.165, 1.54) is 13.2 Å². The molecule has 10 nitrogen and oxygen atoms in total. The molecule has 0 aromatic heterocycles. The number of hydrogen-bond acceptors (Lipinski definition) is 8. The smallest absolute Gasteiger partial charge is 0.405 e.